The summed E-state index contributed by atoms with van der Waals surface area (Å²) in [5, 5.41) is 3.57. The van der Waals surface area contributed by atoms with Gasteiger partial charge in [0.05, 0.1) is 0 Å². The molecule has 7 heteroatoms. The molecular weight excluding hydrogens is 340 g/mol. The van der Waals surface area contributed by atoms with Gasteiger partial charge in [0.25, 0.3) is 5.91 Å². The van der Waals surface area contributed by atoms with Crippen LogP contribution in [0.1, 0.15) is 42.6 Å². The quantitative estimate of drug-likeness (QED) is 0.896. The van der Waals surface area contributed by atoms with Crippen LogP contribution in [0, 0.1) is 0 Å². The van der Waals surface area contributed by atoms with Gasteiger partial charge in [-0.05, 0) is 31.0 Å². The normalized spacial score (nSPS) is 18.4. The van der Waals surface area contributed by atoms with Gasteiger partial charge in [0.2, 0.25) is 5.95 Å². The monoisotopic (exact) mass is 366 g/mol. The van der Waals surface area contributed by atoms with Crippen LogP contribution in [0.25, 0.3) is 0 Å². The number of amides is 1. The number of carbonyl (C=O) groups excluding carboxylic acids is 1. The molecule has 4 rings (SSSR count). The second-order valence-electron chi connectivity index (χ2n) is 7.24. The molecule has 2 aromatic heterocycles. The zero-order chi connectivity index (χ0) is 18.5. The Kier molecular flexibility index (Phi) is 5.46. The molecule has 1 aliphatic carbocycles. The van der Waals surface area contributed by atoms with Gasteiger partial charge in [-0.15, -0.1) is 0 Å². The van der Waals surface area contributed by atoms with E-state index in [1.807, 2.05) is 23.1 Å². The first-order chi connectivity index (χ1) is 13.3. The van der Waals surface area contributed by atoms with Crippen LogP contribution >= 0.6 is 0 Å². The third kappa shape index (κ3) is 4.35. The molecule has 27 heavy (non-hydrogen) atoms. The van der Waals surface area contributed by atoms with Crippen molar-refractivity contribution in [2.75, 3.05) is 36.4 Å². The summed E-state index contributed by atoms with van der Waals surface area (Å²) in [6.45, 7) is 2.77. The number of nitrogens with one attached hydrogen (secondary N) is 1. The van der Waals surface area contributed by atoms with Crippen LogP contribution in [-0.2, 0) is 0 Å². The minimum absolute atomic E-state index is 0.00377. The molecule has 0 aromatic carbocycles. The van der Waals surface area contributed by atoms with Gasteiger partial charge in [-0.25, -0.2) is 9.97 Å². The Hall–Kier alpha value is -2.70. The Morgan fingerprint density at radius 2 is 1.70 bits per heavy atom. The molecule has 0 radical (unpaired) electrons. The van der Waals surface area contributed by atoms with Crippen molar-refractivity contribution in [3.8, 4) is 0 Å². The van der Waals surface area contributed by atoms with Gasteiger partial charge in [-0.3, -0.25) is 9.78 Å². The van der Waals surface area contributed by atoms with Gasteiger partial charge in [0, 0.05) is 56.5 Å². The number of pyridine rings is 1. The van der Waals surface area contributed by atoms with Crippen LogP contribution in [0.2, 0.25) is 0 Å². The van der Waals surface area contributed by atoms with Crippen molar-refractivity contribution >= 4 is 17.5 Å². The highest BCUT2D eigenvalue weighted by Crippen LogP contribution is 2.22. The molecule has 0 unspecified atom stereocenters. The first-order valence-corrected chi connectivity index (χ1v) is 9.83. The number of rotatable bonds is 4. The van der Waals surface area contributed by atoms with E-state index in [4.69, 9.17) is 0 Å². The molecule has 1 amide bonds. The molecule has 1 saturated heterocycles. The SMILES string of the molecule is O=C(c1cc(NC2CCCCC2)ccn1)N1CCN(c2ncccn2)CC1. The predicted octanol–water partition coefficient (Wildman–Crippen LogP) is 2.58. The van der Waals surface area contributed by atoms with Crippen molar-refractivity contribution in [1.29, 1.82) is 0 Å². The molecule has 7 nitrogen and oxygen atoms in total. The standard InChI is InChI=1S/C20H26N6O/c27-19(25-11-13-26(14-12-25)20-22-8-4-9-23-20)18-15-17(7-10-21-18)24-16-5-2-1-3-6-16/h4,7-10,15-16H,1-3,5-6,11-14H2,(H,21,24). The number of aromatic nitrogens is 3. The summed E-state index contributed by atoms with van der Waals surface area (Å²) >= 11 is 0. The minimum Gasteiger partial charge on any atom is -0.382 e. The molecular formula is C20H26N6O. The lowest BCUT2D eigenvalue weighted by Gasteiger charge is -2.34. The fraction of sp³-hybridized carbons (Fsp3) is 0.500. The van der Waals surface area contributed by atoms with Crippen LogP contribution < -0.4 is 10.2 Å². The third-order valence-electron chi connectivity index (χ3n) is 5.36. The van der Waals surface area contributed by atoms with Crippen LogP contribution in [0.5, 0.6) is 0 Å². The van der Waals surface area contributed by atoms with Gasteiger partial charge in [0.15, 0.2) is 0 Å². The van der Waals surface area contributed by atoms with Crippen LogP contribution in [-0.4, -0.2) is 58.0 Å². The van der Waals surface area contributed by atoms with Crippen LogP contribution in [0.4, 0.5) is 11.6 Å². The largest absolute Gasteiger partial charge is 0.382 e. The first-order valence-electron chi connectivity index (χ1n) is 9.83. The summed E-state index contributed by atoms with van der Waals surface area (Å²) in [4.78, 5) is 29.7. The third-order valence-corrected chi connectivity index (χ3v) is 5.36. The highest BCUT2D eigenvalue weighted by Gasteiger charge is 2.24. The van der Waals surface area contributed by atoms with Crippen molar-refractivity contribution in [3.05, 3.63) is 42.5 Å². The van der Waals surface area contributed by atoms with Crippen molar-refractivity contribution in [2.45, 2.75) is 38.1 Å². The summed E-state index contributed by atoms with van der Waals surface area (Å²) in [6, 6.07) is 6.17. The number of hydrogen-bond acceptors (Lipinski definition) is 6. The van der Waals surface area contributed by atoms with Crippen molar-refractivity contribution < 1.29 is 4.79 Å². The molecule has 1 saturated carbocycles. The van der Waals surface area contributed by atoms with Crippen LogP contribution in [0.15, 0.2) is 36.8 Å². The van der Waals surface area contributed by atoms with E-state index < -0.39 is 0 Å². The minimum atomic E-state index is -0.00377. The Labute approximate surface area is 159 Å². The average Bonchev–Trinajstić information content (AvgIpc) is 2.75. The number of piperazine rings is 1. The summed E-state index contributed by atoms with van der Waals surface area (Å²) in [5.74, 6) is 0.720. The van der Waals surface area contributed by atoms with E-state index in [2.05, 4.69) is 25.2 Å². The van der Waals surface area contributed by atoms with E-state index in [1.54, 1.807) is 18.6 Å². The maximum atomic E-state index is 12.9. The average molecular weight is 366 g/mol. The second-order valence-corrected chi connectivity index (χ2v) is 7.24. The topological polar surface area (TPSA) is 74.2 Å². The van der Waals surface area contributed by atoms with Crippen molar-refractivity contribution in [3.63, 3.8) is 0 Å². The van der Waals surface area contributed by atoms with Crippen LogP contribution in [0.3, 0.4) is 0 Å². The predicted molar refractivity (Wildman–Crippen MR) is 105 cm³/mol. The molecule has 0 spiro atoms. The number of anilines is 2. The van der Waals surface area contributed by atoms with Gasteiger partial charge in [-0.2, -0.15) is 0 Å². The maximum absolute atomic E-state index is 12.9. The summed E-state index contributed by atoms with van der Waals surface area (Å²) in [6.07, 6.45) is 11.5. The maximum Gasteiger partial charge on any atom is 0.272 e. The fourth-order valence-electron chi connectivity index (χ4n) is 3.85. The molecule has 142 valence electrons. The van der Waals surface area contributed by atoms with E-state index in [0.717, 1.165) is 24.7 Å². The first kappa shape index (κ1) is 17.7. The highest BCUT2D eigenvalue weighted by atomic mass is 16.2. The molecule has 2 fully saturated rings. The fourth-order valence-corrected chi connectivity index (χ4v) is 3.85. The molecule has 0 atom stereocenters. The molecule has 1 N–H and O–H groups in total. The van der Waals surface area contributed by atoms with Crippen molar-refractivity contribution in [1.82, 2.24) is 19.9 Å². The Balaban J connectivity index is 1.36. The zero-order valence-corrected chi connectivity index (χ0v) is 15.5. The number of nitrogens with zero attached hydrogens (tertiary/aromatic N) is 5. The highest BCUT2D eigenvalue weighted by molar-refractivity contribution is 5.93. The van der Waals surface area contributed by atoms with E-state index in [1.165, 1.54) is 32.1 Å². The molecule has 3 heterocycles. The van der Waals surface area contributed by atoms with E-state index in [-0.39, 0.29) is 5.91 Å². The van der Waals surface area contributed by atoms with E-state index in [0.29, 0.717) is 24.8 Å². The van der Waals surface area contributed by atoms with E-state index >= 15 is 0 Å². The van der Waals surface area contributed by atoms with Gasteiger partial charge < -0.3 is 15.1 Å². The van der Waals surface area contributed by atoms with Crippen molar-refractivity contribution in [2.24, 2.45) is 0 Å². The van der Waals surface area contributed by atoms with E-state index in [9.17, 15) is 4.79 Å². The van der Waals surface area contributed by atoms with Gasteiger partial charge in [-0.1, -0.05) is 19.3 Å². The summed E-state index contributed by atoms with van der Waals surface area (Å²) in [5.41, 5.74) is 1.51. The summed E-state index contributed by atoms with van der Waals surface area (Å²) < 4.78 is 0. The zero-order valence-electron chi connectivity index (χ0n) is 15.5. The van der Waals surface area contributed by atoms with Gasteiger partial charge >= 0.3 is 0 Å². The lowest BCUT2D eigenvalue weighted by molar-refractivity contribution is 0.0740. The Morgan fingerprint density at radius 1 is 0.963 bits per heavy atom. The molecule has 1 aliphatic heterocycles. The number of carbonyl (C=O) groups is 1. The van der Waals surface area contributed by atoms with Gasteiger partial charge in [0.1, 0.15) is 5.69 Å². The Morgan fingerprint density at radius 3 is 2.44 bits per heavy atom. The summed E-state index contributed by atoms with van der Waals surface area (Å²) in [7, 11) is 0. The molecule has 2 aliphatic rings. The smallest absolute Gasteiger partial charge is 0.272 e. The number of hydrogen-bond donors (Lipinski definition) is 1. The second kappa shape index (κ2) is 8.33. The Bertz CT molecular complexity index is 754. The lowest BCUT2D eigenvalue weighted by Crippen LogP contribution is -2.49. The molecule has 0 bridgehead atoms. The molecule has 2 aromatic rings. The lowest BCUT2D eigenvalue weighted by atomic mass is 9.95.